The van der Waals surface area contributed by atoms with Crippen LogP contribution in [0.3, 0.4) is 0 Å². The number of carbonyl (C=O) groups excluding carboxylic acids is 1. The van der Waals surface area contributed by atoms with E-state index in [2.05, 4.69) is 10.2 Å². The van der Waals surface area contributed by atoms with Gasteiger partial charge in [-0.05, 0) is 61.4 Å². The van der Waals surface area contributed by atoms with E-state index in [0.717, 1.165) is 22.5 Å². The molecule has 4 rings (SSSR count). The molecule has 166 valence electrons. The van der Waals surface area contributed by atoms with Crippen molar-refractivity contribution in [3.63, 3.8) is 0 Å². The molecule has 3 aromatic rings. The summed E-state index contributed by atoms with van der Waals surface area (Å²) < 4.78 is 28.0. The number of piperazine rings is 1. The molecule has 0 aliphatic carbocycles. The zero-order valence-corrected chi connectivity index (χ0v) is 19.1. The molecule has 0 atom stereocenters. The molecule has 0 radical (unpaired) electrons. The number of rotatable bonds is 5. The third-order valence-electron chi connectivity index (χ3n) is 5.74. The molecule has 0 unspecified atom stereocenters. The lowest BCUT2D eigenvalue weighted by atomic mass is 10.1. The van der Waals surface area contributed by atoms with Gasteiger partial charge in [0.15, 0.2) is 0 Å². The largest absolute Gasteiger partial charge is 0.369 e. The summed E-state index contributed by atoms with van der Waals surface area (Å²) in [6.07, 6.45) is 0. The lowest BCUT2D eigenvalue weighted by molar-refractivity contribution is 0.102. The number of para-hydroxylation sites is 1. The fraction of sp³-hybridized carbons (Fsp3) is 0.240. The van der Waals surface area contributed by atoms with E-state index in [1.807, 2.05) is 62.4 Å². The van der Waals surface area contributed by atoms with E-state index < -0.39 is 10.0 Å². The molecule has 7 heteroatoms. The number of sulfonamides is 1. The molecule has 0 saturated carbocycles. The molecule has 32 heavy (non-hydrogen) atoms. The van der Waals surface area contributed by atoms with Crippen molar-refractivity contribution in [3.05, 3.63) is 89.5 Å². The summed E-state index contributed by atoms with van der Waals surface area (Å²) in [5.41, 5.74) is 4.12. The molecule has 1 N–H and O–H groups in total. The Balaban J connectivity index is 1.48. The van der Waals surface area contributed by atoms with E-state index in [4.69, 9.17) is 0 Å². The molecule has 0 spiro atoms. The van der Waals surface area contributed by atoms with Gasteiger partial charge in [0.2, 0.25) is 10.0 Å². The molecule has 1 aliphatic heterocycles. The van der Waals surface area contributed by atoms with Crippen molar-refractivity contribution in [2.75, 3.05) is 36.4 Å². The fourth-order valence-electron chi connectivity index (χ4n) is 3.84. The van der Waals surface area contributed by atoms with Crippen molar-refractivity contribution in [2.24, 2.45) is 0 Å². The summed E-state index contributed by atoms with van der Waals surface area (Å²) in [5.74, 6) is -0.329. The van der Waals surface area contributed by atoms with E-state index in [0.29, 0.717) is 31.7 Å². The monoisotopic (exact) mass is 449 g/mol. The van der Waals surface area contributed by atoms with Gasteiger partial charge in [0.05, 0.1) is 4.90 Å². The van der Waals surface area contributed by atoms with Crippen LogP contribution in [0.4, 0.5) is 11.4 Å². The van der Waals surface area contributed by atoms with Crippen molar-refractivity contribution < 1.29 is 13.2 Å². The fourth-order valence-corrected chi connectivity index (χ4v) is 5.31. The Hall–Kier alpha value is -3.16. The Labute approximate surface area is 189 Å². The first-order valence-electron chi connectivity index (χ1n) is 10.6. The summed E-state index contributed by atoms with van der Waals surface area (Å²) in [7, 11) is -3.68. The van der Waals surface area contributed by atoms with Gasteiger partial charge >= 0.3 is 0 Å². The molecule has 0 aromatic heterocycles. The van der Waals surface area contributed by atoms with E-state index in [1.165, 1.54) is 10.4 Å². The normalized spacial score (nSPS) is 14.9. The summed E-state index contributed by atoms with van der Waals surface area (Å²) in [4.78, 5) is 15.1. The van der Waals surface area contributed by atoms with Gasteiger partial charge in [-0.25, -0.2) is 8.42 Å². The van der Waals surface area contributed by atoms with E-state index in [9.17, 15) is 13.2 Å². The number of hydrogen-bond donors (Lipinski definition) is 1. The van der Waals surface area contributed by atoms with Crippen molar-refractivity contribution >= 4 is 27.3 Å². The van der Waals surface area contributed by atoms with Crippen molar-refractivity contribution in [1.82, 2.24) is 4.31 Å². The zero-order chi connectivity index (χ0) is 22.7. The van der Waals surface area contributed by atoms with Crippen LogP contribution in [-0.2, 0) is 10.0 Å². The molecule has 1 saturated heterocycles. The molecular formula is C25H27N3O3S. The molecule has 1 amide bonds. The maximum Gasteiger partial charge on any atom is 0.255 e. The minimum Gasteiger partial charge on any atom is -0.369 e. The standard InChI is InChI=1S/C25H27N3O3S/c1-19-11-12-20(2)24(17-19)26-25(29)21-7-6-10-23(18-21)32(30,31)28-15-13-27(14-16-28)22-8-4-3-5-9-22/h3-12,17-18H,13-16H2,1-2H3,(H,26,29). The van der Waals surface area contributed by atoms with E-state index in [-0.39, 0.29) is 10.8 Å². The van der Waals surface area contributed by atoms with Crippen LogP contribution < -0.4 is 10.2 Å². The van der Waals surface area contributed by atoms with Crippen LogP contribution in [0, 0.1) is 13.8 Å². The van der Waals surface area contributed by atoms with Crippen LogP contribution in [0.2, 0.25) is 0 Å². The van der Waals surface area contributed by atoms with Crippen LogP contribution in [-0.4, -0.2) is 44.8 Å². The first kappa shape index (κ1) is 22.0. The molecule has 6 nitrogen and oxygen atoms in total. The number of benzene rings is 3. The molecule has 0 bridgehead atoms. The predicted octanol–water partition coefficient (Wildman–Crippen LogP) is 4.07. The average Bonchev–Trinajstić information content (AvgIpc) is 2.82. The Morgan fingerprint density at radius 1 is 0.844 bits per heavy atom. The number of amides is 1. The van der Waals surface area contributed by atoms with E-state index >= 15 is 0 Å². The molecule has 3 aromatic carbocycles. The smallest absolute Gasteiger partial charge is 0.255 e. The van der Waals surface area contributed by atoms with Gasteiger partial charge < -0.3 is 10.2 Å². The zero-order valence-electron chi connectivity index (χ0n) is 18.3. The summed E-state index contributed by atoms with van der Waals surface area (Å²) in [5, 5.41) is 2.90. The van der Waals surface area contributed by atoms with Gasteiger partial charge in [-0.2, -0.15) is 4.31 Å². The third-order valence-corrected chi connectivity index (χ3v) is 7.63. The van der Waals surface area contributed by atoms with Gasteiger partial charge in [0.1, 0.15) is 0 Å². The predicted molar refractivity (Wildman–Crippen MR) is 128 cm³/mol. The van der Waals surface area contributed by atoms with Crippen LogP contribution in [0.15, 0.2) is 77.7 Å². The highest BCUT2D eigenvalue weighted by Crippen LogP contribution is 2.23. The maximum atomic E-state index is 13.2. The molecule has 1 heterocycles. The maximum absolute atomic E-state index is 13.2. The summed E-state index contributed by atoms with van der Waals surface area (Å²) >= 11 is 0. The molecule has 1 fully saturated rings. The Bertz CT molecular complexity index is 1220. The van der Waals surface area contributed by atoms with Gasteiger partial charge in [-0.3, -0.25) is 4.79 Å². The second-order valence-corrected chi connectivity index (χ2v) is 9.96. The number of anilines is 2. The minimum atomic E-state index is -3.68. The van der Waals surface area contributed by atoms with Gasteiger partial charge in [0.25, 0.3) is 5.91 Å². The number of nitrogens with zero attached hydrogens (tertiary/aromatic N) is 2. The second kappa shape index (κ2) is 9.14. The van der Waals surface area contributed by atoms with Crippen LogP contribution >= 0.6 is 0 Å². The first-order chi connectivity index (χ1) is 15.3. The highest BCUT2D eigenvalue weighted by atomic mass is 32.2. The van der Waals surface area contributed by atoms with Crippen LogP contribution in [0.5, 0.6) is 0 Å². The van der Waals surface area contributed by atoms with E-state index in [1.54, 1.807) is 18.2 Å². The van der Waals surface area contributed by atoms with Gasteiger partial charge in [-0.15, -0.1) is 0 Å². The quantitative estimate of drug-likeness (QED) is 0.638. The minimum absolute atomic E-state index is 0.138. The number of aryl methyl sites for hydroxylation is 2. The first-order valence-corrected chi connectivity index (χ1v) is 12.1. The Morgan fingerprint density at radius 3 is 2.28 bits per heavy atom. The molecule has 1 aliphatic rings. The van der Waals surface area contributed by atoms with Crippen LogP contribution in [0.25, 0.3) is 0 Å². The lowest BCUT2D eigenvalue weighted by Gasteiger charge is -2.35. The summed E-state index contributed by atoms with van der Waals surface area (Å²) in [6.45, 7) is 5.92. The number of hydrogen-bond acceptors (Lipinski definition) is 4. The Kier molecular flexibility index (Phi) is 6.30. The highest BCUT2D eigenvalue weighted by Gasteiger charge is 2.29. The summed E-state index contributed by atoms with van der Waals surface area (Å²) in [6, 6.07) is 22.1. The number of carbonyl (C=O) groups is 1. The SMILES string of the molecule is Cc1ccc(C)c(NC(=O)c2cccc(S(=O)(=O)N3CCN(c4ccccc4)CC3)c2)c1. The third kappa shape index (κ3) is 4.69. The average molecular weight is 450 g/mol. The Morgan fingerprint density at radius 2 is 1.56 bits per heavy atom. The van der Waals surface area contributed by atoms with Crippen molar-refractivity contribution in [2.45, 2.75) is 18.7 Å². The highest BCUT2D eigenvalue weighted by molar-refractivity contribution is 7.89. The second-order valence-electron chi connectivity index (χ2n) is 8.03. The van der Waals surface area contributed by atoms with Crippen molar-refractivity contribution in [1.29, 1.82) is 0 Å². The molecular weight excluding hydrogens is 422 g/mol. The van der Waals surface area contributed by atoms with Crippen LogP contribution in [0.1, 0.15) is 21.5 Å². The van der Waals surface area contributed by atoms with Crippen molar-refractivity contribution in [3.8, 4) is 0 Å². The lowest BCUT2D eigenvalue weighted by Crippen LogP contribution is -2.48. The topological polar surface area (TPSA) is 69.7 Å². The van der Waals surface area contributed by atoms with Gasteiger partial charge in [-0.1, -0.05) is 36.4 Å². The van der Waals surface area contributed by atoms with Gasteiger partial charge in [0, 0.05) is 43.1 Å². The number of nitrogens with one attached hydrogen (secondary N) is 1.